The second kappa shape index (κ2) is 10.7. The molecule has 11 heteroatoms. The number of piperidine rings is 1. The van der Waals surface area contributed by atoms with Crippen molar-refractivity contribution in [1.82, 2.24) is 19.4 Å². The molecule has 3 aromatic rings. The maximum absolute atomic E-state index is 13.1. The van der Waals surface area contributed by atoms with E-state index in [-0.39, 0.29) is 11.4 Å². The van der Waals surface area contributed by atoms with Crippen LogP contribution in [0.2, 0.25) is 0 Å². The van der Waals surface area contributed by atoms with E-state index < -0.39 is 12.1 Å². The number of aromatic nitrogens is 2. The number of aliphatic carboxylic acids is 1. The Bertz CT molecular complexity index is 1230. The highest BCUT2D eigenvalue weighted by molar-refractivity contribution is 7.12. The number of alkyl halides is 3. The van der Waals surface area contributed by atoms with Crippen molar-refractivity contribution in [2.24, 2.45) is 0 Å². The molecule has 198 valence electrons. The van der Waals surface area contributed by atoms with Crippen LogP contribution in [-0.2, 0) is 16.9 Å². The van der Waals surface area contributed by atoms with Crippen molar-refractivity contribution in [3.63, 3.8) is 0 Å². The first kappa shape index (κ1) is 26.9. The van der Waals surface area contributed by atoms with Crippen LogP contribution in [0.25, 0.3) is 11.3 Å². The molecule has 2 aromatic heterocycles. The summed E-state index contributed by atoms with van der Waals surface area (Å²) in [5, 5.41) is 9.11. The number of rotatable bonds is 3. The van der Waals surface area contributed by atoms with Gasteiger partial charge in [0.15, 0.2) is 0 Å². The van der Waals surface area contributed by atoms with Crippen LogP contribution in [0.15, 0.2) is 54.2 Å². The molecule has 5 rings (SSSR count). The van der Waals surface area contributed by atoms with Crippen LogP contribution in [0.1, 0.15) is 42.1 Å². The standard InChI is InChI=1S/C24H28N4OS.C2HF3O2/c1-18(2)27-14-20-22(19-8-4-3-5-9-19)25-17-28(20)24(16-27)11-7-12-26(15-24)23(29)21-10-6-13-30-21;3-2(4,5)1(6)7/h3-6,8-10,13,17-18H,7,11-12,14-16H2,1-2H3;(H,6,7). The van der Waals surface area contributed by atoms with Crippen molar-refractivity contribution in [3.8, 4) is 11.3 Å². The van der Waals surface area contributed by atoms with E-state index in [9.17, 15) is 18.0 Å². The average molecular weight is 535 g/mol. The Morgan fingerprint density at radius 3 is 2.41 bits per heavy atom. The van der Waals surface area contributed by atoms with Gasteiger partial charge in [0.1, 0.15) is 0 Å². The molecule has 0 aliphatic carbocycles. The highest BCUT2D eigenvalue weighted by atomic mass is 32.1. The molecule has 1 N–H and O–H groups in total. The lowest BCUT2D eigenvalue weighted by Gasteiger charge is -2.50. The molecule has 0 bridgehead atoms. The molecule has 4 heterocycles. The van der Waals surface area contributed by atoms with Gasteiger partial charge in [-0.25, -0.2) is 9.78 Å². The van der Waals surface area contributed by atoms with Gasteiger partial charge >= 0.3 is 12.1 Å². The second-order valence-corrected chi connectivity index (χ2v) is 10.6. The molecule has 1 unspecified atom stereocenters. The summed E-state index contributed by atoms with van der Waals surface area (Å²) in [4.78, 5) is 32.3. The first-order valence-electron chi connectivity index (χ1n) is 12.0. The number of benzene rings is 1. The van der Waals surface area contributed by atoms with Gasteiger partial charge < -0.3 is 14.6 Å². The lowest BCUT2D eigenvalue weighted by atomic mass is 9.85. The normalized spacial score (nSPS) is 19.9. The summed E-state index contributed by atoms with van der Waals surface area (Å²) in [5.74, 6) is -2.59. The first-order valence-corrected chi connectivity index (χ1v) is 12.9. The van der Waals surface area contributed by atoms with E-state index in [2.05, 4.69) is 52.5 Å². The third-order valence-electron chi connectivity index (χ3n) is 6.82. The summed E-state index contributed by atoms with van der Waals surface area (Å²) in [5.41, 5.74) is 3.38. The van der Waals surface area contributed by atoms with E-state index >= 15 is 0 Å². The Balaban J connectivity index is 0.000000405. The fraction of sp³-hybridized carbons (Fsp3) is 0.423. The number of carboxylic acid groups (broad SMARTS) is 1. The van der Waals surface area contributed by atoms with Gasteiger partial charge in [-0.15, -0.1) is 11.3 Å². The molecule has 1 atom stereocenters. The molecular formula is C26H29F3N4O3S. The van der Waals surface area contributed by atoms with E-state index in [4.69, 9.17) is 14.9 Å². The van der Waals surface area contributed by atoms with Gasteiger partial charge in [-0.2, -0.15) is 13.2 Å². The maximum Gasteiger partial charge on any atom is 0.490 e. The van der Waals surface area contributed by atoms with Crippen LogP contribution in [0.5, 0.6) is 0 Å². The zero-order valence-electron chi connectivity index (χ0n) is 20.6. The minimum Gasteiger partial charge on any atom is -0.475 e. The number of likely N-dealkylation sites (tertiary alicyclic amines) is 1. The fourth-order valence-electron chi connectivity index (χ4n) is 5.01. The molecule has 1 aromatic carbocycles. The largest absolute Gasteiger partial charge is 0.490 e. The maximum atomic E-state index is 13.1. The lowest BCUT2D eigenvalue weighted by molar-refractivity contribution is -0.192. The summed E-state index contributed by atoms with van der Waals surface area (Å²) < 4.78 is 34.1. The zero-order chi connectivity index (χ0) is 26.8. The summed E-state index contributed by atoms with van der Waals surface area (Å²) in [6.07, 6.45) is -0.974. The number of carbonyl (C=O) groups excluding carboxylic acids is 1. The number of nitrogens with zero attached hydrogens (tertiary/aromatic N) is 4. The molecule has 7 nitrogen and oxygen atoms in total. The first-order chi connectivity index (χ1) is 17.5. The Kier molecular flexibility index (Phi) is 7.75. The van der Waals surface area contributed by atoms with Gasteiger partial charge in [-0.1, -0.05) is 36.4 Å². The molecule has 2 aliphatic rings. The quantitative estimate of drug-likeness (QED) is 0.506. The predicted molar refractivity (Wildman–Crippen MR) is 134 cm³/mol. The van der Waals surface area contributed by atoms with Gasteiger partial charge in [0.25, 0.3) is 5.91 Å². The lowest BCUT2D eigenvalue weighted by Crippen LogP contribution is -2.60. The Morgan fingerprint density at radius 2 is 1.81 bits per heavy atom. The molecule has 2 aliphatic heterocycles. The summed E-state index contributed by atoms with van der Waals surface area (Å²) >= 11 is 1.53. The van der Waals surface area contributed by atoms with Crippen molar-refractivity contribution >= 4 is 23.2 Å². The number of hydrogen-bond donors (Lipinski definition) is 1. The van der Waals surface area contributed by atoms with Crippen LogP contribution in [0.4, 0.5) is 13.2 Å². The van der Waals surface area contributed by atoms with Gasteiger partial charge in [0, 0.05) is 37.8 Å². The fourth-order valence-corrected chi connectivity index (χ4v) is 5.70. The molecule has 1 amide bonds. The third-order valence-corrected chi connectivity index (χ3v) is 7.68. The van der Waals surface area contributed by atoms with Crippen LogP contribution < -0.4 is 0 Å². The number of thiophene rings is 1. The minimum atomic E-state index is -5.08. The van der Waals surface area contributed by atoms with Gasteiger partial charge in [0.2, 0.25) is 0 Å². The van der Waals surface area contributed by atoms with Gasteiger partial charge in [-0.05, 0) is 38.1 Å². The molecular weight excluding hydrogens is 505 g/mol. The summed E-state index contributed by atoms with van der Waals surface area (Å²) in [7, 11) is 0. The van der Waals surface area contributed by atoms with E-state index in [0.29, 0.717) is 6.04 Å². The minimum absolute atomic E-state index is 0.122. The van der Waals surface area contributed by atoms with Gasteiger partial charge in [-0.3, -0.25) is 9.69 Å². The SMILES string of the molecule is CC(C)N1Cc2c(-c3ccccc3)ncn2C2(CCCN(C(=O)c3cccs3)C2)C1.O=C(O)C(F)(F)F. The summed E-state index contributed by atoms with van der Waals surface area (Å²) in [6.45, 7) is 7.94. The van der Waals surface area contributed by atoms with Crippen molar-refractivity contribution in [2.45, 2.75) is 51.0 Å². The topological polar surface area (TPSA) is 78.7 Å². The Hall–Kier alpha value is -3.18. The average Bonchev–Trinajstić information content (AvgIpc) is 3.55. The highest BCUT2D eigenvalue weighted by Gasteiger charge is 2.45. The number of halogens is 3. The zero-order valence-corrected chi connectivity index (χ0v) is 21.4. The highest BCUT2D eigenvalue weighted by Crippen LogP contribution is 2.39. The number of hydrogen-bond acceptors (Lipinski definition) is 5. The van der Waals surface area contributed by atoms with Crippen molar-refractivity contribution < 1.29 is 27.9 Å². The monoisotopic (exact) mass is 534 g/mol. The molecule has 37 heavy (non-hydrogen) atoms. The van der Waals surface area contributed by atoms with E-state index in [0.717, 1.165) is 55.2 Å². The van der Waals surface area contributed by atoms with Crippen LogP contribution in [-0.4, -0.2) is 68.2 Å². The number of imidazole rings is 1. The smallest absolute Gasteiger partial charge is 0.475 e. The number of carboxylic acids is 1. The van der Waals surface area contributed by atoms with Gasteiger partial charge in [0.05, 0.1) is 28.1 Å². The van der Waals surface area contributed by atoms with E-state index in [1.807, 2.05) is 29.9 Å². The number of amides is 1. The van der Waals surface area contributed by atoms with Crippen LogP contribution >= 0.6 is 11.3 Å². The van der Waals surface area contributed by atoms with Crippen molar-refractivity contribution in [2.75, 3.05) is 19.6 Å². The molecule has 1 fully saturated rings. The molecule has 0 saturated carbocycles. The van der Waals surface area contributed by atoms with Crippen molar-refractivity contribution in [1.29, 1.82) is 0 Å². The van der Waals surface area contributed by atoms with E-state index in [1.165, 1.54) is 17.0 Å². The summed E-state index contributed by atoms with van der Waals surface area (Å²) in [6, 6.07) is 14.8. The van der Waals surface area contributed by atoms with Crippen LogP contribution in [0, 0.1) is 0 Å². The molecule has 1 spiro atoms. The molecule has 0 radical (unpaired) electrons. The van der Waals surface area contributed by atoms with Crippen LogP contribution in [0.3, 0.4) is 0 Å². The Morgan fingerprint density at radius 1 is 1.11 bits per heavy atom. The Labute approximate surface area is 217 Å². The number of fused-ring (bicyclic) bond motifs is 2. The third kappa shape index (κ3) is 5.72. The number of carbonyl (C=O) groups is 2. The predicted octanol–water partition coefficient (Wildman–Crippen LogP) is 5.10. The van der Waals surface area contributed by atoms with Crippen molar-refractivity contribution in [3.05, 3.63) is 64.7 Å². The molecule has 1 saturated heterocycles. The second-order valence-electron chi connectivity index (χ2n) is 9.61. The van der Waals surface area contributed by atoms with E-state index in [1.54, 1.807) is 0 Å².